The molecule has 0 saturated heterocycles. The van der Waals surface area contributed by atoms with E-state index in [1.807, 2.05) is 6.07 Å². The second-order valence-corrected chi connectivity index (χ2v) is 7.63. The van der Waals surface area contributed by atoms with Crippen LogP contribution in [0.3, 0.4) is 0 Å². The van der Waals surface area contributed by atoms with Crippen molar-refractivity contribution in [3.05, 3.63) is 58.1 Å². The SMILES string of the molecule is CC(NS(=O)(=O)c1ccc(Cl)c(Cl)c1)C(=O)Nc1cccc(C#N)c1. The van der Waals surface area contributed by atoms with Crippen LogP contribution in [0.5, 0.6) is 0 Å². The zero-order chi connectivity index (χ0) is 18.6. The smallest absolute Gasteiger partial charge is 0.242 e. The Hall–Kier alpha value is -2.11. The number of nitriles is 1. The van der Waals surface area contributed by atoms with Crippen molar-refractivity contribution in [2.24, 2.45) is 0 Å². The lowest BCUT2D eigenvalue weighted by Gasteiger charge is -2.15. The molecule has 25 heavy (non-hydrogen) atoms. The summed E-state index contributed by atoms with van der Waals surface area (Å²) in [5.41, 5.74) is 0.770. The maximum Gasteiger partial charge on any atom is 0.242 e. The normalized spacial score (nSPS) is 12.2. The molecule has 0 fully saturated rings. The van der Waals surface area contributed by atoms with Crippen LogP contribution in [0, 0.1) is 11.3 Å². The molecule has 0 radical (unpaired) electrons. The fraction of sp³-hybridized carbons (Fsp3) is 0.125. The highest BCUT2D eigenvalue weighted by Gasteiger charge is 2.22. The number of nitrogens with zero attached hydrogens (tertiary/aromatic N) is 1. The number of carbonyl (C=O) groups excluding carboxylic acids is 1. The minimum Gasteiger partial charge on any atom is -0.325 e. The van der Waals surface area contributed by atoms with E-state index in [1.165, 1.54) is 31.2 Å². The second kappa shape index (κ2) is 7.85. The van der Waals surface area contributed by atoms with Gasteiger partial charge in [-0.1, -0.05) is 29.3 Å². The van der Waals surface area contributed by atoms with Crippen molar-refractivity contribution in [1.29, 1.82) is 5.26 Å². The molecule has 1 amide bonds. The predicted octanol–water partition coefficient (Wildman–Crippen LogP) is 3.17. The average molecular weight is 398 g/mol. The van der Waals surface area contributed by atoms with Gasteiger partial charge in [-0.15, -0.1) is 0 Å². The number of sulfonamides is 1. The lowest BCUT2D eigenvalue weighted by molar-refractivity contribution is -0.117. The number of benzene rings is 2. The first-order chi connectivity index (χ1) is 11.7. The minimum atomic E-state index is -3.96. The summed E-state index contributed by atoms with van der Waals surface area (Å²) < 4.78 is 26.9. The van der Waals surface area contributed by atoms with Gasteiger partial charge >= 0.3 is 0 Å². The molecule has 0 spiro atoms. The Labute approximate surface area is 155 Å². The number of carbonyl (C=O) groups is 1. The molecule has 2 aromatic carbocycles. The Morgan fingerprint density at radius 2 is 1.88 bits per heavy atom. The van der Waals surface area contributed by atoms with Crippen molar-refractivity contribution in [1.82, 2.24) is 4.72 Å². The summed E-state index contributed by atoms with van der Waals surface area (Å²) >= 11 is 11.6. The second-order valence-electron chi connectivity index (χ2n) is 5.10. The van der Waals surface area contributed by atoms with Gasteiger partial charge in [-0.25, -0.2) is 8.42 Å². The predicted molar refractivity (Wildman–Crippen MR) is 96.0 cm³/mol. The molecule has 0 saturated carbocycles. The molecule has 0 heterocycles. The summed E-state index contributed by atoms with van der Waals surface area (Å²) in [5.74, 6) is -0.571. The van der Waals surface area contributed by atoms with Gasteiger partial charge in [0.1, 0.15) is 0 Å². The average Bonchev–Trinajstić information content (AvgIpc) is 2.57. The van der Waals surface area contributed by atoms with Crippen LogP contribution >= 0.6 is 23.2 Å². The van der Waals surface area contributed by atoms with Gasteiger partial charge in [0.25, 0.3) is 0 Å². The van der Waals surface area contributed by atoms with Crippen molar-refractivity contribution < 1.29 is 13.2 Å². The number of anilines is 1. The van der Waals surface area contributed by atoms with Crippen molar-refractivity contribution in [3.63, 3.8) is 0 Å². The maximum atomic E-state index is 12.3. The van der Waals surface area contributed by atoms with Crippen LogP contribution in [0.25, 0.3) is 0 Å². The molecule has 130 valence electrons. The number of amides is 1. The minimum absolute atomic E-state index is 0.0926. The molecule has 6 nitrogen and oxygen atoms in total. The van der Waals surface area contributed by atoms with Gasteiger partial charge in [0, 0.05) is 5.69 Å². The molecule has 2 N–H and O–H groups in total. The highest BCUT2D eigenvalue weighted by Crippen LogP contribution is 2.24. The third kappa shape index (κ3) is 4.94. The van der Waals surface area contributed by atoms with Gasteiger partial charge in [-0.2, -0.15) is 9.98 Å². The summed E-state index contributed by atoms with van der Waals surface area (Å²) in [6, 6.07) is 11.0. The molecule has 2 aromatic rings. The number of halogens is 2. The van der Waals surface area contributed by atoms with Crippen LogP contribution in [-0.2, 0) is 14.8 Å². The zero-order valence-corrected chi connectivity index (χ0v) is 15.3. The van der Waals surface area contributed by atoms with E-state index in [0.717, 1.165) is 0 Å². The topological polar surface area (TPSA) is 99.1 Å². The molecular formula is C16H13Cl2N3O3S. The standard InChI is InChI=1S/C16H13Cl2N3O3S/c1-10(16(22)20-12-4-2-3-11(7-12)9-19)21-25(23,24)13-5-6-14(17)15(18)8-13/h2-8,10,21H,1H3,(H,20,22). The van der Waals surface area contributed by atoms with Crippen molar-refractivity contribution in [2.45, 2.75) is 17.9 Å². The molecule has 1 unspecified atom stereocenters. The van der Waals surface area contributed by atoms with E-state index in [1.54, 1.807) is 18.2 Å². The number of hydrogen-bond donors (Lipinski definition) is 2. The maximum absolute atomic E-state index is 12.3. The van der Waals surface area contributed by atoms with E-state index in [-0.39, 0.29) is 14.9 Å². The fourth-order valence-electron chi connectivity index (χ4n) is 1.92. The first-order valence-corrected chi connectivity index (χ1v) is 9.25. The molecule has 1 atom stereocenters. The molecule has 0 aromatic heterocycles. The Balaban J connectivity index is 2.11. The lowest BCUT2D eigenvalue weighted by atomic mass is 10.2. The number of nitrogens with one attached hydrogen (secondary N) is 2. The molecule has 2 rings (SSSR count). The van der Waals surface area contributed by atoms with E-state index in [4.69, 9.17) is 28.5 Å². The van der Waals surface area contributed by atoms with Gasteiger partial charge in [0.2, 0.25) is 15.9 Å². The van der Waals surface area contributed by atoms with Crippen LogP contribution < -0.4 is 10.0 Å². The first-order valence-electron chi connectivity index (χ1n) is 7.01. The largest absolute Gasteiger partial charge is 0.325 e. The van der Waals surface area contributed by atoms with Crippen LogP contribution in [0.15, 0.2) is 47.4 Å². The van der Waals surface area contributed by atoms with Gasteiger partial charge in [0.05, 0.1) is 32.6 Å². The summed E-state index contributed by atoms with van der Waals surface area (Å²) in [6.45, 7) is 1.40. The zero-order valence-electron chi connectivity index (χ0n) is 13.0. The third-order valence-corrected chi connectivity index (χ3v) is 5.46. The monoisotopic (exact) mass is 397 g/mol. The quantitative estimate of drug-likeness (QED) is 0.808. The van der Waals surface area contributed by atoms with Crippen LogP contribution in [0.4, 0.5) is 5.69 Å². The Morgan fingerprint density at radius 3 is 2.52 bits per heavy atom. The van der Waals surface area contributed by atoms with Crippen molar-refractivity contribution in [3.8, 4) is 6.07 Å². The summed E-state index contributed by atoms with van der Waals surface area (Å²) in [4.78, 5) is 12.1. The number of rotatable bonds is 5. The molecule has 0 aliphatic carbocycles. The van der Waals surface area contributed by atoms with Gasteiger partial charge in [0.15, 0.2) is 0 Å². The Morgan fingerprint density at radius 1 is 1.16 bits per heavy atom. The van der Waals surface area contributed by atoms with Gasteiger partial charge in [-0.05, 0) is 43.3 Å². The van der Waals surface area contributed by atoms with E-state index >= 15 is 0 Å². The van der Waals surface area contributed by atoms with Crippen LogP contribution in [0.1, 0.15) is 12.5 Å². The lowest BCUT2D eigenvalue weighted by Crippen LogP contribution is -2.41. The van der Waals surface area contributed by atoms with E-state index in [9.17, 15) is 13.2 Å². The van der Waals surface area contributed by atoms with Crippen molar-refractivity contribution >= 4 is 44.8 Å². The van der Waals surface area contributed by atoms with Crippen LogP contribution in [-0.4, -0.2) is 20.4 Å². The van der Waals surface area contributed by atoms with E-state index in [2.05, 4.69) is 10.0 Å². The van der Waals surface area contributed by atoms with Crippen LogP contribution in [0.2, 0.25) is 10.0 Å². The van der Waals surface area contributed by atoms with Crippen molar-refractivity contribution in [2.75, 3.05) is 5.32 Å². The van der Waals surface area contributed by atoms with Gasteiger partial charge in [-0.3, -0.25) is 4.79 Å². The highest BCUT2D eigenvalue weighted by molar-refractivity contribution is 7.89. The highest BCUT2D eigenvalue weighted by atomic mass is 35.5. The van der Waals surface area contributed by atoms with E-state index < -0.39 is 22.0 Å². The molecule has 9 heteroatoms. The number of hydrogen-bond acceptors (Lipinski definition) is 4. The fourth-order valence-corrected chi connectivity index (χ4v) is 3.51. The molecule has 0 bridgehead atoms. The molecular weight excluding hydrogens is 385 g/mol. The summed E-state index contributed by atoms with van der Waals surface area (Å²) in [6.07, 6.45) is 0. The Kier molecular flexibility index (Phi) is 6.03. The van der Waals surface area contributed by atoms with E-state index in [0.29, 0.717) is 11.3 Å². The van der Waals surface area contributed by atoms with Gasteiger partial charge < -0.3 is 5.32 Å². The summed E-state index contributed by atoms with van der Waals surface area (Å²) in [5, 5.41) is 11.7. The first kappa shape index (κ1) is 19.2. The Bertz CT molecular complexity index is 955. The molecule has 0 aliphatic rings. The summed E-state index contributed by atoms with van der Waals surface area (Å²) in [7, 11) is -3.96. The molecule has 0 aliphatic heterocycles. The third-order valence-electron chi connectivity index (χ3n) is 3.19.